The number of rotatable bonds is 7. The van der Waals surface area contributed by atoms with Crippen molar-refractivity contribution in [3.8, 4) is 0 Å². The monoisotopic (exact) mass is 428 g/mol. The Hall–Kier alpha value is -2.32. The number of carbonyl (C=O) groups is 3. The van der Waals surface area contributed by atoms with Gasteiger partial charge in [-0.15, -0.1) is 0 Å². The first kappa shape index (κ1) is 21.9. The number of nitrogens with one attached hydrogen (secondary N) is 1. The number of nitrogens with zero attached hydrogens (tertiary/aromatic N) is 3. The lowest BCUT2D eigenvalue weighted by Crippen LogP contribution is -2.46. The Bertz CT molecular complexity index is 807. The molecule has 8 heteroatoms. The molecule has 1 aliphatic carbocycles. The van der Waals surface area contributed by atoms with Crippen molar-refractivity contribution in [2.45, 2.75) is 83.0 Å². The van der Waals surface area contributed by atoms with Crippen molar-refractivity contribution >= 4 is 17.7 Å². The fraction of sp³-hybridized carbons (Fsp3) is 0.652. The van der Waals surface area contributed by atoms with E-state index in [0.29, 0.717) is 0 Å². The van der Waals surface area contributed by atoms with Gasteiger partial charge in [0, 0.05) is 24.5 Å². The van der Waals surface area contributed by atoms with E-state index in [-0.39, 0.29) is 36.3 Å². The molecule has 0 aromatic carbocycles. The van der Waals surface area contributed by atoms with Crippen molar-refractivity contribution < 1.29 is 19.2 Å². The summed E-state index contributed by atoms with van der Waals surface area (Å²) < 4.78 is 0. The van der Waals surface area contributed by atoms with Crippen LogP contribution in [0.1, 0.15) is 70.4 Å². The van der Waals surface area contributed by atoms with Crippen LogP contribution in [0.2, 0.25) is 0 Å². The van der Waals surface area contributed by atoms with Crippen LogP contribution in [-0.2, 0) is 19.2 Å². The molecule has 2 aliphatic heterocycles. The van der Waals surface area contributed by atoms with Crippen LogP contribution < -0.4 is 5.32 Å². The maximum absolute atomic E-state index is 13.5. The van der Waals surface area contributed by atoms with Crippen molar-refractivity contribution in [1.29, 1.82) is 0 Å². The minimum atomic E-state index is -0.867. The van der Waals surface area contributed by atoms with E-state index >= 15 is 0 Å². The number of likely N-dealkylation sites (tertiary alicyclic amines) is 1. The lowest BCUT2D eigenvalue weighted by molar-refractivity contribution is -0.184. The molecule has 168 valence electrons. The number of hydroxylamine groups is 2. The standard InChI is InChI=1S/C23H32N4O4/c1-3-16(4-2)25-18(28)14-26-20(15-10-12-24-13-11-15)19-21(31-26)23(30)27(22(19)29)17-8-6-5-7-9-17/h10-13,16-17,19-21H,3-9,14H2,1-2H3,(H,25,28). The summed E-state index contributed by atoms with van der Waals surface area (Å²) in [5.41, 5.74) is 0.824. The summed E-state index contributed by atoms with van der Waals surface area (Å²) in [4.78, 5) is 50.9. The second kappa shape index (κ2) is 9.44. The van der Waals surface area contributed by atoms with Gasteiger partial charge < -0.3 is 5.32 Å². The van der Waals surface area contributed by atoms with E-state index in [1.54, 1.807) is 12.4 Å². The lowest BCUT2D eigenvalue weighted by atomic mass is 9.91. The van der Waals surface area contributed by atoms with Gasteiger partial charge in [-0.2, -0.15) is 5.06 Å². The van der Waals surface area contributed by atoms with Crippen molar-refractivity contribution in [3.05, 3.63) is 30.1 Å². The van der Waals surface area contributed by atoms with Gasteiger partial charge in [0.15, 0.2) is 6.10 Å². The first-order valence-corrected chi connectivity index (χ1v) is 11.5. The summed E-state index contributed by atoms with van der Waals surface area (Å²) in [7, 11) is 0. The highest BCUT2D eigenvalue weighted by molar-refractivity contribution is 6.07. The number of carbonyl (C=O) groups excluding carboxylic acids is 3. The molecule has 3 unspecified atom stereocenters. The van der Waals surface area contributed by atoms with Crippen molar-refractivity contribution in [2.24, 2.45) is 5.92 Å². The third-order valence-electron chi connectivity index (χ3n) is 6.87. The zero-order valence-corrected chi connectivity index (χ0v) is 18.3. The molecule has 0 radical (unpaired) electrons. The molecule has 8 nitrogen and oxygen atoms in total. The summed E-state index contributed by atoms with van der Waals surface area (Å²) in [6, 6.07) is 3.21. The van der Waals surface area contributed by atoms with Crippen molar-refractivity contribution in [1.82, 2.24) is 20.3 Å². The number of pyridine rings is 1. The Kier molecular flexibility index (Phi) is 6.67. The van der Waals surface area contributed by atoms with Gasteiger partial charge in [-0.05, 0) is 43.4 Å². The Balaban J connectivity index is 1.57. The molecule has 4 rings (SSSR count). The van der Waals surface area contributed by atoms with Crippen LogP contribution in [0.5, 0.6) is 0 Å². The third kappa shape index (κ3) is 4.23. The van der Waals surface area contributed by atoms with Crippen LogP contribution in [0.4, 0.5) is 0 Å². The molecular formula is C23H32N4O4. The van der Waals surface area contributed by atoms with Gasteiger partial charge in [0.1, 0.15) is 6.54 Å². The molecule has 1 N–H and O–H groups in total. The number of hydrogen-bond acceptors (Lipinski definition) is 6. The van der Waals surface area contributed by atoms with Gasteiger partial charge in [0.2, 0.25) is 11.8 Å². The van der Waals surface area contributed by atoms with Crippen LogP contribution in [0.3, 0.4) is 0 Å². The zero-order chi connectivity index (χ0) is 22.0. The Morgan fingerprint density at radius 2 is 1.81 bits per heavy atom. The van der Waals surface area contributed by atoms with E-state index in [1.165, 1.54) is 9.96 Å². The van der Waals surface area contributed by atoms with Gasteiger partial charge in [-0.25, -0.2) is 0 Å². The molecule has 2 saturated heterocycles. The Labute approximate surface area is 183 Å². The number of imide groups is 1. The van der Waals surface area contributed by atoms with E-state index in [2.05, 4.69) is 10.3 Å². The summed E-state index contributed by atoms with van der Waals surface area (Å²) in [6.07, 6.45) is 9.07. The molecule has 3 amide bonds. The summed E-state index contributed by atoms with van der Waals surface area (Å²) >= 11 is 0. The molecule has 3 atom stereocenters. The molecule has 3 heterocycles. The van der Waals surface area contributed by atoms with Gasteiger partial charge in [-0.3, -0.25) is 29.1 Å². The molecule has 1 aromatic rings. The SMILES string of the molecule is CCC(CC)NC(=O)CN1OC2C(=O)N(C3CCCCC3)C(=O)C2C1c1ccncc1. The fourth-order valence-corrected chi connectivity index (χ4v) is 5.17. The highest BCUT2D eigenvalue weighted by Gasteiger charge is 2.60. The van der Waals surface area contributed by atoms with E-state index in [0.717, 1.165) is 50.5 Å². The predicted octanol–water partition coefficient (Wildman–Crippen LogP) is 2.36. The summed E-state index contributed by atoms with van der Waals surface area (Å²) in [5.74, 6) is -1.25. The second-order valence-electron chi connectivity index (χ2n) is 8.77. The van der Waals surface area contributed by atoms with E-state index in [9.17, 15) is 14.4 Å². The smallest absolute Gasteiger partial charge is 0.261 e. The number of hydrogen-bond donors (Lipinski definition) is 1. The molecule has 31 heavy (non-hydrogen) atoms. The van der Waals surface area contributed by atoms with E-state index in [4.69, 9.17) is 4.84 Å². The second-order valence-corrected chi connectivity index (χ2v) is 8.77. The first-order valence-electron chi connectivity index (χ1n) is 11.5. The largest absolute Gasteiger partial charge is 0.352 e. The predicted molar refractivity (Wildman–Crippen MR) is 113 cm³/mol. The van der Waals surface area contributed by atoms with Crippen molar-refractivity contribution in [2.75, 3.05) is 6.54 Å². The topological polar surface area (TPSA) is 91.8 Å². The number of amides is 3. The van der Waals surface area contributed by atoms with Crippen molar-refractivity contribution in [3.63, 3.8) is 0 Å². The minimum Gasteiger partial charge on any atom is -0.352 e. The minimum absolute atomic E-state index is 0.0273. The maximum atomic E-state index is 13.5. The van der Waals surface area contributed by atoms with Gasteiger partial charge in [0.25, 0.3) is 5.91 Å². The molecular weight excluding hydrogens is 396 g/mol. The van der Waals surface area contributed by atoms with Crippen LogP contribution >= 0.6 is 0 Å². The average molecular weight is 429 g/mol. The maximum Gasteiger partial charge on any atom is 0.261 e. The summed E-state index contributed by atoms with van der Waals surface area (Å²) in [6.45, 7) is 4.03. The zero-order valence-electron chi connectivity index (χ0n) is 18.3. The van der Waals surface area contributed by atoms with E-state index in [1.807, 2.05) is 26.0 Å². The van der Waals surface area contributed by atoms with E-state index < -0.39 is 18.1 Å². The van der Waals surface area contributed by atoms with Crippen LogP contribution in [0, 0.1) is 5.92 Å². The molecule has 3 fully saturated rings. The Morgan fingerprint density at radius 1 is 1.13 bits per heavy atom. The molecule has 0 bridgehead atoms. The van der Waals surface area contributed by atoms with Crippen LogP contribution in [0.15, 0.2) is 24.5 Å². The first-order chi connectivity index (χ1) is 15.0. The number of fused-ring (bicyclic) bond motifs is 1. The van der Waals surface area contributed by atoms with Gasteiger partial charge in [0.05, 0.1) is 12.0 Å². The van der Waals surface area contributed by atoms with Crippen LogP contribution in [0.25, 0.3) is 0 Å². The molecule has 1 saturated carbocycles. The molecule has 3 aliphatic rings. The Morgan fingerprint density at radius 3 is 2.45 bits per heavy atom. The van der Waals surface area contributed by atoms with Gasteiger partial charge >= 0.3 is 0 Å². The average Bonchev–Trinajstić information content (AvgIpc) is 3.28. The molecule has 0 spiro atoms. The highest BCUT2D eigenvalue weighted by Crippen LogP contribution is 2.45. The highest BCUT2D eigenvalue weighted by atomic mass is 16.7. The molecule has 1 aromatic heterocycles. The lowest BCUT2D eigenvalue weighted by Gasteiger charge is -2.32. The summed E-state index contributed by atoms with van der Waals surface area (Å²) in [5, 5.41) is 4.53. The fourth-order valence-electron chi connectivity index (χ4n) is 5.17. The quantitative estimate of drug-likeness (QED) is 0.671. The third-order valence-corrected chi connectivity index (χ3v) is 6.87. The normalized spacial score (nSPS) is 27.2. The van der Waals surface area contributed by atoms with Gasteiger partial charge in [-0.1, -0.05) is 33.1 Å². The van der Waals surface area contributed by atoms with Crippen LogP contribution in [-0.4, -0.2) is 57.4 Å². The number of aromatic nitrogens is 1.